The van der Waals surface area contributed by atoms with E-state index >= 15 is 0 Å². The molecule has 2 aromatic heterocycles. The number of amides is 1. The van der Waals surface area contributed by atoms with E-state index < -0.39 is 0 Å². The van der Waals surface area contributed by atoms with Crippen molar-refractivity contribution < 1.29 is 4.79 Å². The molecule has 21 heavy (non-hydrogen) atoms. The molecule has 1 atom stereocenters. The van der Waals surface area contributed by atoms with Gasteiger partial charge in [0.2, 0.25) is 0 Å². The summed E-state index contributed by atoms with van der Waals surface area (Å²) in [6.45, 7) is 3.40. The number of halogens is 1. The Morgan fingerprint density at radius 3 is 2.76 bits per heavy atom. The van der Waals surface area contributed by atoms with Gasteiger partial charge in [-0.1, -0.05) is 0 Å². The minimum absolute atomic E-state index is 0.0496. The van der Waals surface area contributed by atoms with Crippen molar-refractivity contribution in [3.8, 4) is 0 Å². The molecule has 3 aliphatic heterocycles. The number of fused-ring (bicyclic) bond motifs is 4. The molecule has 110 valence electrons. The lowest BCUT2D eigenvalue weighted by atomic mass is 9.84. The highest BCUT2D eigenvalue weighted by Crippen LogP contribution is 2.27. The molecular weight excluding hydrogens is 330 g/mol. The summed E-state index contributed by atoms with van der Waals surface area (Å²) < 4.78 is 2.99. The first-order chi connectivity index (χ1) is 10.2. The Bertz CT molecular complexity index is 688. The highest BCUT2D eigenvalue weighted by molar-refractivity contribution is 9.10. The summed E-state index contributed by atoms with van der Waals surface area (Å²) in [6.07, 6.45) is 6.31. The van der Waals surface area contributed by atoms with Crippen molar-refractivity contribution in [2.45, 2.75) is 18.9 Å². The Labute approximate surface area is 132 Å². The Kier molecular flexibility index (Phi) is 3.27. The van der Waals surface area contributed by atoms with Crippen molar-refractivity contribution in [2.24, 2.45) is 5.92 Å². The van der Waals surface area contributed by atoms with Crippen LogP contribution in [-0.2, 0) is 0 Å². The van der Waals surface area contributed by atoms with E-state index in [0.717, 1.165) is 22.1 Å². The zero-order valence-corrected chi connectivity index (χ0v) is 13.3. The zero-order chi connectivity index (χ0) is 14.4. The van der Waals surface area contributed by atoms with Crippen molar-refractivity contribution in [2.75, 3.05) is 19.6 Å². The molecular formula is C16H18BrN3O. The third-order valence-electron chi connectivity index (χ3n) is 4.79. The maximum absolute atomic E-state index is 12.5. The molecule has 3 saturated heterocycles. The van der Waals surface area contributed by atoms with Crippen molar-refractivity contribution in [3.05, 3.63) is 40.6 Å². The van der Waals surface area contributed by atoms with Gasteiger partial charge < -0.3 is 14.6 Å². The van der Waals surface area contributed by atoms with Gasteiger partial charge in [-0.3, -0.25) is 4.79 Å². The Morgan fingerprint density at radius 1 is 1.24 bits per heavy atom. The van der Waals surface area contributed by atoms with Crippen LogP contribution in [-0.4, -0.2) is 40.9 Å². The van der Waals surface area contributed by atoms with Gasteiger partial charge in [0.25, 0.3) is 5.91 Å². The van der Waals surface area contributed by atoms with E-state index in [1.165, 1.54) is 25.9 Å². The number of aromatic nitrogens is 1. The fourth-order valence-corrected chi connectivity index (χ4v) is 3.94. The maximum atomic E-state index is 12.5. The van der Waals surface area contributed by atoms with Gasteiger partial charge in [0, 0.05) is 35.0 Å². The summed E-state index contributed by atoms with van der Waals surface area (Å²) in [4.78, 5) is 14.9. The third-order valence-corrected chi connectivity index (χ3v) is 5.26. The molecule has 0 aromatic carbocycles. The van der Waals surface area contributed by atoms with Crippen molar-refractivity contribution in [1.29, 1.82) is 0 Å². The monoisotopic (exact) mass is 347 g/mol. The summed E-state index contributed by atoms with van der Waals surface area (Å²) in [5.41, 5.74) is 1.78. The number of hydrogen-bond donors (Lipinski definition) is 1. The molecule has 2 bridgehead atoms. The third kappa shape index (κ3) is 2.49. The zero-order valence-electron chi connectivity index (χ0n) is 11.8. The van der Waals surface area contributed by atoms with Crippen LogP contribution < -0.4 is 5.32 Å². The van der Waals surface area contributed by atoms with Crippen molar-refractivity contribution >= 4 is 27.4 Å². The molecule has 0 unspecified atom stereocenters. The molecule has 0 aliphatic carbocycles. The normalized spacial score (nSPS) is 28.0. The van der Waals surface area contributed by atoms with E-state index in [1.54, 1.807) is 0 Å². The minimum Gasteiger partial charge on any atom is -0.348 e. The van der Waals surface area contributed by atoms with Gasteiger partial charge in [0.15, 0.2) is 0 Å². The van der Waals surface area contributed by atoms with Gasteiger partial charge in [-0.15, -0.1) is 0 Å². The quantitative estimate of drug-likeness (QED) is 0.906. The first kappa shape index (κ1) is 13.3. The largest absolute Gasteiger partial charge is 0.348 e. The van der Waals surface area contributed by atoms with E-state index in [2.05, 4.69) is 26.1 Å². The number of piperidine rings is 3. The molecule has 0 saturated carbocycles. The number of carbonyl (C=O) groups excluding carboxylic acids is 1. The summed E-state index contributed by atoms with van der Waals surface area (Å²) in [5.74, 6) is 0.707. The highest BCUT2D eigenvalue weighted by atomic mass is 79.9. The second kappa shape index (κ2) is 5.14. The van der Waals surface area contributed by atoms with Crippen LogP contribution in [0.4, 0.5) is 0 Å². The maximum Gasteiger partial charge on any atom is 0.253 e. The van der Waals surface area contributed by atoms with Crippen molar-refractivity contribution in [1.82, 2.24) is 14.6 Å². The van der Waals surface area contributed by atoms with Gasteiger partial charge >= 0.3 is 0 Å². The molecule has 5 heteroatoms. The molecule has 0 radical (unpaired) electrons. The summed E-state index contributed by atoms with van der Waals surface area (Å²) in [7, 11) is 0. The molecule has 3 fully saturated rings. The lowest BCUT2D eigenvalue weighted by molar-refractivity contribution is 0.0620. The first-order valence-electron chi connectivity index (χ1n) is 7.49. The molecule has 5 heterocycles. The van der Waals surface area contributed by atoms with Gasteiger partial charge in [-0.05, 0) is 66.0 Å². The van der Waals surface area contributed by atoms with E-state index in [-0.39, 0.29) is 5.91 Å². The van der Waals surface area contributed by atoms with Gasteiger partial charge in [-0.2, -0.15) is 0 Å². The fourth-order valence-electron chi connectivity index (χ4n) is 3.59. The number of rotatable bonds is 2. The van der Waals surface area contributed by atoms with E-state index in [9.17, 15) is 4.79 Å². The molecule has 1 N–H and O–H groups in total. The van der Waals surface area contributed by atoms with Gasteiger partial charge in [0.1, 0.15) is 0 Å². The summed E-state index contributed by atoms with van der Waals surface area (Å²) in [5, 5.41) is 3.24. The lowest BCUT2D eigenvalue weighted by Gasteiger charge is -2.44. The Morgan fingerprint density at radius 2 is 2.05 bits per heavy atom. The van der Waals surface area contributed by atoms with Crippen LogP contribution in [0, 0.1) is 5.92 Å². The van der Waals surface area contributed by atoms with Crippen molar-refractivity contribution in [3.63, 3.8) is 0 Å². The van der Waals surface area contributed by atoms with Crippen LogP contribution in [0.15, 0.2) is 35.1 Å². The average molecular weight is 348 g/mol. The predicted octanol–water partition coefficient (Wildman–Crippen LogP) is 2.53. The van der Waals surface area contributed by atoms with Crippen LogP contribution in [0.2, 0.25) is 0 Å². The predicted molar refractivity (Wildman–Crippen MR) is 85.5 cm³/mol. The number of nitrogens with zero attached hydrogens (tertiary/aromatic N) is 2. The molecule has 0 spiro atoms. The Balaban J connectivity index is 1.53. The molecule has 3 aliphatic rings. The van der Waals surface area contributed by atoms with Gasteiger partial charge in [-0.25, -0.2) is 0 Å². The van der Waals surface area contributed by atoms with Crippen LogP contribution in [0.25, 0.3) is 5.52 Å². The van der Waals surface area contributed by atoms with E-state index in [4.69, 9.17) is 0 Å². The minimum atomic E-state index is 0.0496. The number of pyridine rings is 1. The number of nitrogens with one attached hydrogen (secondary N) is 1. The SMILES string of the molecule is O=C(N[C@@H]1CN2CCC1CC2)c1cc2ccc(Br)cn2c1. The Hall–Kier alpha value is -1.33. The average Bonchev–Trinajstić information content (AvgIpc) is 2.91. The van der Waals surface area contributed by atoms with E-state index in [1.807, 2.05) is 35.0 Å². The highest BCUT2D eigenvalue weighted by Gasteiger charge is 2.35. The second-order valence-corrected chi connectivity index (χ2v) is 7.04. The summed E-state index contributed by atoms with van der Waals surface area (Å²) in [6, 6.07) is 6.26. The van der Waals surface area contributed by atoms with Crippen LogP contribution in [0.5, 0.6) is 0 Å². The number of hydrogen-bond acceptors (Lipinski definition) is 2. The summed E-state index contributed by atoms with van der Waals surface area (Å²) >= 11 is 3.45. The topological polar surface area (TPSA) is 36.8 Å². The molecule has 5 rings (SSSR count). The first-order valence-corrected chi connectivity index (χ1v) is 8.29. The van der Waals surface area contributed by atoms with Gasteiger partial charge in [0.05, 0.1) is 5.56 Å². The molecule has 1 amide bonds. The molecule has 4 nitrogen and oxygen atoms in total. The van der Waals surface area contributed by atoms with Crippen LogP contribution in [0.3, 0.4) is 0 Å². The second-order valence-electron chi connectivity index (χ2n) is 6.13. The fraction of sp³-hybridized carbons (Fsp3) is 0.438. The standard InChI is InChI=1S/C16H18BrN3O/c17-13-1-2-14-7-12(8-20(14)9-13)16(21)18-15-10-19-5-3-11(15)4-6-19/h1-2,7-9,11,15H,3-6,10H2,(H,18,21)/t15-/m1/s1. The van der Waals surface area contributed by atoms with E-state index in [0.29, 0.717) is 12.0 Å². The van der Waals surface area contributed by atoms with Crippen LogP contribution >= 0.6 is 15.9 Å². The smallest absolute Gasteiger partial charge is 0.253 e. The van der Waals surface area contributed by atoms with Crippen LogP contribution in [0.1, 0.15) is 23.2 Å². The molecule has 2 aromatic rings. The number of carbonyl (C=O) groups is 1. The lowest BCUT2D eigenvalue weighted by Crippen LogP contribution is -2.57.